The van der Waals surface area contributed by atoms with Gasteiger partial charge in [0.25, 0.3) is 0 Å². The third-order valence-electron chi connectivity index (χ3n) is 2.72. The van der Waals surface area contributed by atoms with Crippen molar-refractivity contribution in [2.24, 2.45) is 10.7 Å². The quantitative estimate of drug-likeness (QED) is 0.544. The van der Waals surface area contributed by atoms with Gasteiger partial charge in [0.05, 0.1) is 6.04 Å². The normalized spacial score (nSPS) is 19.2. The topological polar surface area (TPSA) is 88.5 Å². The fourth-order valence-electron chi connectivity index (χ4n) is 1.97. The number of nitrogens with zero attached hydrogens (tertiary/aromatic N) is 2. The van der Waals surface area contributed by atoms with Crippen molar-refractivity contribution in [1.29, 1.82) is 5.41 Å². The maximum Gasteiger partial charge on any atom is 0.191 e. The average molecular weight is 231 g/mol. The van der Waals surface area contributed by atoms with Crippen molar-refractivity contribution < 1.29 is 5.11 Å². The van der Waals surface area contributed by atoms with Crippen molar-refractivity contribution in [1.82, 2.24) is 4.90 Å². The van der Waals surface area contributed by atoms with Crippen molar-refractivity contribution in [3.05, 3.63) is 35.9 Å². The highest BCUT2D eigenvalue weighted by atomic mass is 16.3. The van der Waals surface area contributed by atoms with Crippen LogP contribution in [0.3, 0.4) is 0 Å². The molecule has 5 nitrogen and oxygen atoms in total. The van der Waals surface area contributed by atoms with E-state index in [1.54, 1.807) is 4.90 Å². The molecule has 1 atom stereocenters. The van der Waals surface area contributed by atoms with Crippen molar-refractivity contribution in [3.63, 3.8) is 0 Å². The fourth-order valence-corrected chi connectivity index (χ4v) is 1.97. The van der Waals surface area contributed by atoms with E-state index in [4.69, 9.17) is 11.1 Å². The summed E-state index contributed by atoms with van der Waals surface area (Å²) < 4.78 is 0. The highest BCUT2D eigenvalue weighted by Gasteiger charge is 2.22. The molecule has 0 fully saturated rings. The SMILES string of the molecule is N=C([O-])CN1C[C@H](Cc2ccccc2)N=C1N. The average Bonchev–Trinajstić information content (AvgIpc) is 2.59. The van der Waals surface area contributed by atoms with Crippen molar-refractivity contribution in [2.45, 2.75) is 12.5 Å². The van der Waals surface area contributed by atoms with Crippen LogP contribution in [-0.4, -0.2) is 35.9 Å². The van der Waals surface area contributed by atoms with Gasteiger partial charge < -0.3 is 21.1 Å². The van der Waals surface area contributed by atoms with Crippen LogP contribution in [0.5, 0.6) is 0 Å². The Hall–Kier alpha value is -2.04. The molecule has 17 heavy (non-hydrogen) atoms. The van der Waals surface area contributed by atoms with Gasteiger partial charge in [0.15, 0.2) is 5.96 Å². The summed E-state index contributed by atoms with van der Waals surface area (Å²) in [5.74, 6) is -0.268. The van der Waals surface area contributed by atoms with E-state index in [0.29, 0.717) is 12.5 Å². The molecule has 90 valence electrons. The Labute approximate surface area is 100 Å². The van der Waals surface area contributed by atoms with Crippen LogP contribution >= 0.6 is 0 Å². The second kappa shape index (κ2) is 4.86. The van der Waals surface area contributed by atoms with E-state index in [2.05, 4.69) is 4.99 Å². The lowest BCUT2D eigenvalue weighted by atomic mass is 10.1. The molecule has 0 aliphatic carbocycles. The number of benzene rings is 1. The molecule has 0 aromatic heterocycles. The Morgan fingerprint density at radius 2 is 2.18 bits per heavy atom. The molecular formula is C12H15N4O-. The summed E-state index contributed by atoms with van der Waals surface area (Å²) >= 11 is 0. The van der Waals surface area contributed by atoms with Crippen LogP contribution in [0, 0.1) is 5.41 Å². The van der Waals surface area contributed by atoms with E-state index < -0.39 is 5.90 Å². The maximum absolute atomic E-state index is 10.7. The molecule has 1 aliphatic heterocycles. The van der Waals surface area contributed by atoms with Crippen LogP contribution in [0.25, 0.3) is 0 Å². The zero-order valence-corrected chi connectivity index (χ0v) is 9.47. The molecule has 2 rings (SSSR count). The van der Waals surface area contributed by atoms with Gasteiger partial charge in [0.2, 0.25) is 0 Å². The van der Waals surface area contributed by atoms with Crippen LogP contribution in [0.1, 0.15) is 5.56 Å². The molecule has 5 heteroatoms. The molecule has 0 saturated carbocycles. The summed E-state index contributed by atoms with van der Waals surface area (Å²) in [4.78, 5) is 5.96. The minimum absolute atomic E-state index is 0.0284. The first kappa shape index (κ1) is 11.4. The molecule has 0 amide bonds. The maximum atomic E-state index is 10.7. The van der Waals surface area contributed by atoms with E-state index in [0.717, 1.165) is 6.42 Å². The predicted octanol–water partition coefficient (Wildman–Crippen LogP) is -0.434. The first-order chi connectivity index (χ1) is 8.15. The summed E-state index contributed by atoms with van der Waals surface area (Å²) in [7, 11) is 0. The van der Waals surface area contributed by atoms with Gasteiger partial charge in [-0.25, -0.2) is 4.99 Å². The molecule has 1 heterocycles. The lowest BCUT2D eigenvalue weighted by Crippen LogP contribution is -2.41. The van der Waals surface area contributed by atoms with Crippen LogP contribution in [-0.2, 0) is 6.42 Å². The molecule has 1 aromatic rings. The molecule has 3 N–H and O–H groups in total. The minimum Gasteiger partial charge on any atom is -0.861 e. The molecular weight excluding hydrogens is 216 g/mol. The first-order valence-electron chi connectivity index (χ1n) is 5.51. The largest absolute Gasteiger partial charge is 0.861 e. The van der Waals surface area contributed by atoms with Crippen LogP contribution in [0.4, 0.5) is 0 Å². The number of aliphatic imine (C=N–C) groups is 1. The van der Waals surface area contributed by atoms with E-state index in [1.807, 2.05) is 30.3 Å². The van der Waals surface area contributed by atoms with Crippen LogP contribution in [0.2, 0.25) is 0 Å². The fraction of sp³-hybridized carbons (Fsp3) is 0.333. The Kier molecular flexibility index (Phi) is 3.27. The molecule has 0 bridgehead atoms. The lowest BCUT2D eigenvalue weighted by molar-refractivity contribution is -0.220. The van der Waals surface area contributed by atoms with Gasteiger partial charge in [-0.1, -0.05) is 30.3 Å². The van der Waals surface area contributed by atoms with Gasteiger partial charge in [0.1, 0.15) is 0 Å². The lowest BCUT2D eigenvalue weighted by Gasteiger charge is -2.20. The van der Waals surface area contributed by atoms with Gasteiger partial charge in [-0.05, 0) is 17.9 Å². The van der Waals surface area contributed by atoms with E-state index in [9.17, 15) is 5.11 Å². The predicted molar refractivity (Wildman–Crippen MR) is 64.9 cm³/mol. The molecule has 0 unspecified atom stereocenters. The monoisotopic (exact) mass is 231 g/mol. The number of nitrogens with two attached hydrogens (primary N) is 1. The van der Waals surface area contributed by atoms with E-state index >= 15 is 0 Å². The molecule has 1 aliphatic rings. The zero-order valence-electron chi connectivity index (χ0n) is 9.47. The summed E-state index contributed by atoms with van der Waals surface area (Å²) in [6.07, 6.45) is 0.810. The van der Waals surface area contributed by atoms with Gasteiger partial charge in [0, 0.05) is 13.1 Å². The number of hydrogen-bond acceptors (Lipinski definition) is 5. The third-order valence-corrected chi connectivity index (χ3v) is 2.72. The number of guanidine groups is 1. The van der Waals surface area contributed by atoms with Crippen molar-refractivity contribution in [2.75, 3.05) is 13.1 Å². The van der Waals surface area contributed by atoms with E-state index in [1.165, 1.54) is 5.56 Å². The zero-order chi connectivity index (χ0) is 12.3. The molecule has 1 aromatic carbocycles. The number of nitrogens with one attached hydrogen (secondary N) is 1. The Bertz CT molecular complexity index is 429. The highest BCUT2D eigenvalue weighted by Crippen LogP contribution is 2.12. The second-order valence-electron chi connectivity index (χ2n) is 4.13. The minimum atomic E-state index is -0.636. The van der Waals surface area contributed by atoms with Crippen molar-refractivity contribution in [3.8, 4) is 0 Å². The van der Waals surface area contributed by atoms with Crippen LogP contribution in [0.15, 0.2) is 35.3 Å². The number of rotatable bonds is 4. The summed E-state index contributed by atoms with van der Waals surface area (Å²) in [5, 5.41) is 17.7. The summed E-state index contributed by atoms with van der Waals surface area (Å²) in [6.45, 7) is 0.645. The van der Waals surface area contributed by atoms with E-state index in [-0.39, 0.29) is 12.6 Å². The molecule has 0 spiro atoms. The van der Waals surface area contributed by atoms with Gasteiger partial charge in [-0.15, -0.1) is 0 Å². The van der Waals surface area contributed by atoms with Crippen LogP contribution < -0.4 is 10.8 Å². The summed E-state index contributed by atoms with van der Waals surface area (Å²) in [5.41, 5.74) is 6.91. The Morgan fingerprint density at radius 3 is 2.82 bits per heavy atom. The molecule has 0 saturated heterocycles. The standard InChI is InChI=1S/C12H16N4O/c13-11(17)8-16-7-10(15-12(16)14)6-9-4-2-1-3-5-9/h1-5,10H,6-8H2,(H2,13,17)(H2,14,15)/p-1/t10-/m0/s1. The van der Waals surface area contributed by atoms with Gasteiger partial charge >= 0.3 is 0 Å². The number of hydrogen-bond donors (Lipinski definition) is 2. The second-order valence-corrected chi connectivity index (χ2v) is 4.13. The van der Waals surface area contributed by atoms with Gasteiger partial charge in [-0.2, -0.15) is 0 Å². The smallest absolute Gasteiger partial charge is 0.191 e. The van der Waals surface area contributed by atoms with Crippen molar-refractivity contribution >= 4 is 11.9 Å². The first-order valence-corrected chi connectivity index (χ1v) is 5.51. The third kappa shape index (κ3) is 2.96. The van der Waals surface area contributed by atoms with Gasteiger partial charge in [-0.3, -0.25) is 0 Å². The Balaban J connectivity index is 1.96. The molecule has 0 radical (unpaired) electrons. The highest BCUT2D eigenvalue weighted by molar-refractivity contribution is 5.84. The Morgan fingerprint density at radius 1 is 1.47 bits per heavy atom. The summed E-state index contributed by atoms with van der Waals surface area (Å²) in [6, 6.07) is 10.1.